The van der Waals surface area contributed by atoms with Crippen molar-refractivity contribution in [1.29, 1.82) is 0 Å². The van der Waals surface area contributed by atoms with Crippen LogP contribution in [0, 0.1) is 19.3 Å². The minimum Gasteiger partial charge on any atom is -0.388 e. The largest absolute Gasteiger partial charge is 0.388 e. The van der Waals surface area contributed by atoms with Gasteiger partial charge in [0.25, 0.3) is 0 Å². The van der Waals surface area contributed by atoms with Crippen LogP contribution in [0.25, 0.3) is 0 Å². The molecule has 0 amide bonds. The van der Waals surface area contributed by atoms with Crippen LogP contribution in [-0.4, -0.2) is 10.1 Å². The molecule has 0 radical (unpaired) electrons. The average molecular weight is 189 g/mol. The molecule has 0 aliphatic heterocycles. The highest BCUT2D eigenvalue weighted by Gasteiger charge is 2.06. The lowest BCUT2D eigenvalue weighted by atomic mass is 10.1. The first-order valence-corrected chi connectivity index (χ1v) is 4.78. The lowest BCUT2D eigenvalue weighted by Crippen LogP contribution is -1.98. The zero-order valence-electron chi connectivity index (χ0n) is 8.40. The van der Waals surface area contributed by atoms with Crippen molar-refractivity contribution in [1.82, 2.24) is 4.98 Å². The maximum Gasteiger partial charge on any atom is 0.0805 e. The maximum atomic E-state index is 9.73. The molecule has 1 rings (SSSR count). The second-order valence-electron chi connectivity index (χ2n) is 3.35. The normalized spacial score (nSPS) is 12.1. The predicted octanol–water partition coefficient (Wildman–Crippen LogP) is 2.23. The molecule has 1 N–H and O–H groups in total. The number of hydrogen-bond acceptors (Lipinski definition) is 2. The fourth-order valence-corrected chi connectivity index (χ4v) is 1.24. The van der Waals surface area contributed by atoms with E-state index in [1.54, 1.807) is 6.20 Å². The molecule has 0 fully saturated rings. The van der Waals surface area contributed by atoms with E-state index in [2.05, 4.69) is 10.9 Å². The van der Waals surface area contributed by atoms with E-state index in [0.717, 1.165) is 24.1 Å². The van der Waals surface area contributed by atoms with Gasteiger partial charge in [-0.05, 0) is 31.4 Å². The van der Waals surface area contributed by atoms with Crippen molar-refractivity contribution in [2.24, 2.45) is 0 Å². The molecule has 0 saturated heterocycles. The van der Waals surface area contributed by atoms with E-state index in [0.29, 0.717) is 6.42 Å². The SMILES string of the molecule is C#CCCCC(O)c1ccc(C)nc1. The second-order valence-corrected chi connectivity index (χ2v) is 3.35. The van der Waals surface area contributed by atoms with Crippen LogP contribution in [0.3, 0.4) is 0 Å². The first-order valence-electron chi connectivity index (χ1n) is 4.78. The van der Waals surface area contributed by atoms with Crippen molar-refractivity contribution in [3.8, 4) is 12.3 Å². The summed E-state index contributed by atoms with van der Waals surface area (Å²) in [7, 11) is 0. The van der Waals surface area contributed by atoms with E-state index in [1.165, 1.54) is 0 Å². The number of aliphatic hydroxyl groups excluding tert-OH is 1. The van der Waals surface area contributed by atoms with Crippen LogP contribution in [0.2, 0.25) is 0 Å². The fourth-order valence-electron chi connectivity index (χ4n) is 1.24. The number of terminal acetylenes is 1. The van der Waals surface area contributed by atoms with E-state index in [9.17, 15) is 5.11 Å². The van der Waals surface area contributed by atoms with Gasteiger partial charge in [-0.2, -0.15) is 0 Å². The molecule has 1 aromatic rings. The number of aliphatic hydroxyl groups is 1. The highest BCUT2D eigenvalue weighted by atomic mass is 16.3. The lowest BCUT2D eigenvalue weighted by Gasteiger charge is -2.09. The summed E-state index contributed by atoms with van der Waals surface area (Å²) in [5.74, 6) is 2.56. The molecule has 0 bridgehead atoms. The second kappa shape index (κ2) is 5.41. The van der Waals surface area contributed by atoms with Gasteiger partial charge in [0.15, 0.2) is 0 Å². The van der Waals surface area contributed by atoms with E-state index in [-0.39, 0.29) is 0 Å². The summed E-state index contributed by atoms with van der Waals surface area (Å²) in [6.45, 7) is 1.93. The van der Waals surface area contributed by atoms with Gasteiger partial charge in [0.05, 0.1) is 6.10 Å². The topological polar surface area (TPSA) is 33.1 Å². The summed E-state index contributed by atoms with van der Waals surface area (Å²) < 4.78 is 0. The third-order valence-corrected chi connectivity index (χ3v) is 2.12. The molecule has 14 heavy (non-hydrogen) atoms. The summed E-state index contributed by atoms with van der Waals surface area (Å²) in [4.78, 5) is 4.13. The third kappa shape index (κ3) is 3.20. The van der Waals surface area contributed by atoms with Crippen LogP contribution in [0.15, 0.2) is 18.3 Å². The zero-order chi connectivity index (χ0) is 10.4. The van der Waals surface area contributed by atoms with Crippen molar-refractivity contribution in [2.45, 2.75) is 32.3 Å². The Morgan fingerprint density at radius 2 is 2.36 bits per heavy atom. The van der Waals surface area contributed by atoms with Gasteiger partial charge in [0.2, 0.25) is 0 Å². The standard InChI is InChI=1S/C12H15NO/c1-3-4-5-6-12(14)11-8-7-10(2)13-9-11/h1,7-9,12,14H,4-6H2,2H3. The molecule has 2 nitrogen and oxygen atoms in total. The Kier molecular flexibility index (Phi) is 4.15. The van der Waals surface area contributed by atoms with E-state index in [1.807, 2.05) is 19.1 Å². The smallest absolute Gasteiger partial charge is 0.0805 e. The third-order valence-electron chi connectivity index (χ3n) is 2.12. The van der Waals surface area contributed by atoms with Crippen LogP contribution in [-0.2, 0) is 0 Å². The Labute approximate surface area is 85.0 Å². The number of pyridine rings is 1. The minimum atomic E-state index is -0.434. The Morgan fingerprint density at radius 3 is 2.93 bits per heavy atom. The number of hydrogen-bond donors (Lipinski definition) is 1. The van der Waals surface area contributed by atoms with Crippen molar-refractivity contribution in [2.75, 3.05) is 0 Å². The first-order chi connectivity index (χ1) is 6.74. The summed E-state index contributed by atoms with van der Waals surface area (Å²) in [5.41, 5.74) is 1.83. The van der Waals surface area contributed by atoms with Crippen molar-refractivity contribution in [3.05, 3.63) is 29.6 Å². The quantitative estimate of drug-likeness (QED) is 0.582. The first kappa shape index (κ1) is 10.7. The van der Waals surface area contributed by atoms with Gasteiger partial charge in [-0.3, -0.25) is 4.98 Å². The average Bonchev–Trinajstić information content (AvgIpc) is 2.19. The van der Waals surface area contributed by atoms with Crippen molar-refractivity contribution in [3.63, 3.8) is 0 Å². The zero-order valence-corrected chi connectivity index (χ0v) is 8.40. The molecule has 1 heterocycles. The molecule has 1 atom stereocenters. The summed E-state index contributed by atoms with van der Waals surface area (Å²) in [5, 5.41) is 9.73. The molecular weight excluding hydrogens is 174 g/mol. The Balaban J connectivity index is 2.48. The molecule has 0 spiro atoms. The minimum absolute atomic E-state index is 0.434. The van der Waals surface area contributed by atoms with Crippen LogP contribution in [0.4, 0.5) is 0 Å². The number of aromatic nitrogens is 1. The summed E-state index contributed by atoms with van der Waals surface area (Å²) in [6, 6.07) is 3.81. The molecule has 1 aromatic heterocycles. The van der Waals surface area contributed by atoms with E-state index < -0.39 is 6.10 Å². The van der Waals surface area contributed by atoms with Gasteiger partial charge in [-0.15, -0.1) is 12.3 Å². The van der Waals surface area contributed by atoms with E-state index in [4.69, 9.17) is 6.42 Å². The molecule has 0 aliphatic carbocycles. The van der Waals surface area contributed by atoms with Crippen LogP contribution >= 0.6 is 0 Å². The van der Waals surface area contributed by atoms with Crippen LogP contribution in [0.1, 0.15) is 36.6 Å². The molecule has 1 unspecified atom stereocenters. The number of aryl methyl sites for hydroxylation is 1. The van der Waals surface area contributed by atoms with Crippen molar-refractivity contribution >= 4 is 0 Å². The van der Waals surface area contributed by atoms with Crippen molar-refractivity contribution < 1.29 is 5.11 Å². The van der Waals surface area contributed by atoms with Gasteiger partial charge in [-0.25, -0.2) is 0 Å². The Morgan fingerprint density at radius 1 is 1.57 bits per heavy atom. The Bertz CT molecular complexity index is 310. The Hall–Kier alpha value is -1.33. The highest BCUT2D eigenvalue weighted by Crippen LogP contribution is 2.17. The number of nitrogens with zero attached hydrogens (tertiary/aromatic N) is 1. The maximum absolute atomic E-state index is 9.73. The number of unbranched alkanes of at least 4 members (excludes halogenated alkanes) is 1. The highest BCUT2D eigenvalue weighted by molar-refractivity contribution is 5.15. The molecular formula is C12H15NO. The molecule has 2 heteroatoms. The predicted molar refractivity (Wildman–Crippen MR) is 56.6 cm³/mol. The lowest BCUT2D eigenvalue weighted by molar-refractivity contribution is 0.165. The van der Waals surface area contributed by atoms with E-state index >= 15 is 0 Å². The molecule has 0 saturated carbocycles. The van der Waals surface area contributed by atoms with Gasteiger partial charge in [0.1, 0.15) is 0 Å². The number of rotatable bonds is 4. The van der Waals surface area contributed by atoms with Gasteiger partial charge in [-0.1, -0.05) is 6.07 Å². The molecule has 74 valence electrons. The monoisotopic (exact) mass is 189 g/mol. The molecule has 0 aliphatic rings. The van der Waals surface area contributed by atoms with Crippen LogP contribution in [0.5, 0.6) is 0 Å². The van der Waals surface area contributed by atoms with Gasteiger partial charge in [0, 0.05) is 18.3 Å². The molecule has 0 aromatic carbocycles. The summed E-state index contributed by atoms with van der Waals surface area (Å²) >= 11 is 0. The summed E-state index contributed by atoms with van der Waals surface area (Å²) in [6.07, 6.45) is 8.69. The van der Waals surface area contributed by atoms with Gasteiger partial charge < -0.3 is 5.11 Å². The van der Waals surface area contributed by atoms with Crippen LogP contribution < -0.4 is 0 Å². The fraction of sp³-hybridized carbons (Fsp3) is 0.417. The van der Waals surface area contributed by atoms with Gasteiger partial charge >= 0.3 is 0 Å².